The van der Waals surface area contributed by atoms with Crippen LogP contribution in [0.2, 0.25) is 0 Å². The van der Waals surface area contributed by atoms with E-state index in [1.54, 1.807) is 18.0 Å². The van der Waals surface area contributed by atoms with E-state index < -0.39 is 10.8 Å². The minimum Gasteiger partial charge on any atom is -0.362 e. The molecule has 1 aliphatic rings. The summed E-state index contributed by atoms with van der Waals surface area (Å²) in [5.41, 5.74) is 0. The molecule has 3 atom stereocenters. The van der Waals surface area contributed by atoms with Crippen LogP contribution in [0.1, 0.15) is 26.7 Å². The van der Waals surface area contributed by atoms with E-state index in [2.05, 4.69) is 24.2 Å². The Morgan fingerprint density at radius 2 is 2.47 bits per heavy atom. The van der Waals surface area contributed by atoms with Crippen molar-refractivity contribution in [2.75, 3.05) is 17.8 Å². The first-order chi connectivity index (χ1) is 7.11. The number of rotatable bonds is 4. The third-order valence-electron chi connectivity index (χ3n) is 2.32. The lowest BCUT2D eigenvalue weighted by Crippen LogP contribution is -2.36. The van der Waals surface area contributed by atoms with Gasteiger partial charge in [0.05, 0.1) is 6.04 Å². The predicted molar refractivity (Wildman–Crippen MR) is 70.1 cm³/mol. The second-order valence-corrected chi connectivity index (χ2v) is 6.48. The van der Waals surface area contributed by atoms with Gasteiger partial charge in [-0.05, 0) is 19.8 Å². The van der Waals surface area contributed by atoms with Crippen LogP contribution in [0.5, 0.6) is 0 Å². The van der Waals surface area contributed by atoms with Crippen molar-refractivity contribution >= 4 is 27.7 Å². The van der Waals surface area contributed by atoms with Crippen molar-refractivity contribution in [2.24, 2.45) is 4.99 Å². The van der Waals surface area contributed by atoms with Gasteiger partial charge in [-0.25, -0.2) is 0 Å². The standard InChI is InChI=1S/C10H20N2OS2/c1-4-9-5-6-14-10(12-9)11-8(2)7-15(3)13/h8-9H,4-7H2,1-3H3,(H,11,12). The summed E-state index contributed by atoms with van der Waals surface area (Å²) in [5.74, 6) is 1.84. The van der Waals surface area contributed by atoms with E-state index in [1.165, 1.54) is 6.42 Å². The molecule has 0 amide bonds. The van der Waals surface area contributed by atoms with E-state index in [9.17, 15) is 4.21 Å². The maximum Gasteiger partial charge on any atom is 0.157 e. The highest BCUT2D eigenvalue weighted by molar-refractivity contribution is 8.13. The van der Waals surface area contributed by atoms with Crippen LogP contribution in [0.3, 0.4) is 0 Å². The fourth-order valence-electron chi connectivity index (χ4n) is 1.54. The molecule has 1 N–H and O–H groups in total. The fraction of sp³-hybridized carbons (Fsp3) is 0.900. The Labute approximate surface area is 99.0 Å². The Hall–Kier alpha value is -0.0300. The van der Waals surface area contributed by atoms with Gasteiger partial charge in [-0.3, -0.25) is 9.20 Å². The summed E-state index contributed by atoms with van der Waals surface area (Å²) in [5, 5.41) is 4.37. The summed E-state index contributed by atoms with van der Waals surface area (Å²) >= 11 is 1.78. The van der Waals surface area contributed by atoms with Crippen molar-refractivity contribution in [1.29, 1.82) is 0 Å². The molecule has 0 radical (unpaired) electrons. The summed E-state index contributed by atoms with van der Waals surface area (Å²) < 4.78 is 11.0. The molecule has 1 rings (SSSR count). The Balaban J connectivity index is 2.42. The van der Waals surface area contributed by atoms with E-state index in [1.807, 2.05) is 0 Å². The Morgan fingerprint density at radius 1 is 1.73 bits per heavy atom. The van der Waals surface area contributed by atoms with Gasteiger partial charge in [0.1, 0.15) is 0 Å². The number of nitrogens with zero attached hydrogens (tertiary/aromatic N) is 1. The lowest BCUT2D eigenvalue weighted by Gasteiger charge is -2.22. The van der Waals surface area contributed by atoms with Crippen molar-refractivity contribution in [3.8, 4) is 0 Å². The molecule has 0 aromatic carbocycles. The van der Waals surface area contributed by atoms with Gasteiger partial charge in [-0.15, -0.1) is 0 Å². The van der Waals surface area contributed by atoms with Crippen molar-refractivity contribution < 1.29 is 4.21 Å². The largest absolute Gasteiger partial charge is 0.362 e. The number of nitrogens with one attached hydrogen (secondary N) is 1. The molecular formula is C10H20N2OS2. The van der Waals surface area contributed by atoms with Gasteiger partial charge in [0.25, 0.3) is 0 Å². The highest BCUT2D eigenvalue weighted by Gasteiger charge is 2.15. The molecule has 1 heterocycles. The normalized spacial score (nSPS) is 25.5. The summed E-state index contributed by atoms with van der Waals surface area (Å²) in [6, 6.07) is 0.728. The minimum atomic E-state index is -0.737. The van der Waals surface area contributed by atoms with Crippen molar-refractivity contribution in [2.45, 2.75) is 38.8 Å². The molecule has 88 valence electrons. The predicted octanol–water partition coefficient (Wildman–Crippen LogP) is 1.61. The van der Waals surface area contributed by atoms with Crippen LogP contribution in [-0.2, 0) is 10.8 Å². The number of amidine groups is 1. The molecule has 3 unspecified atom stereocenters. The maximum atomic E-state index is 11.0. The molecule has 0 saturated carbocycles. The summed E-state index contributed by atoms with van der Waals surface area (Å²) in [7, 11) is -0.737. The highest BCUT2D eigenvalue weighted by atomic mass is 32.2. The highest BCUT2D eigenvalue weighted by Crippen LogP contribution is 2.18. The average molecular weight is 248 g/mol. The summed E-state index contributed by atoms with van der Waals surface area (Å²) in [6.07, 6.45) is 4.03. The number of thioether (sulfide) groups is 1. The quantitative estimate of drug-likeness (QED) is 0.822. The first kappa shape index (κ1) is 13.0. The Kier molecular flexibility index (Phi) is 5.68. The zero-order valence-corrected chi connectivity index (χ0v) is 11.3. The van der Waals surface area contributed by atoms with Gasteiger partial charge in [-0.2, -0.15) is 0 Å². The zero-order chi connectivity index (χ0) is 11.3. The van der Waals surface area contributed by atoms with E-state index in [0.29, 0.717) is 11.8 Å². The molecule has 0 bridgehead atoms. The zero-order valence-electron chi connectivity index (χ0n) is 9.66. The van der Waals surface area contributed by atoms with E-state index in [4.69, 9.17) is 0 Å². The van der Waals surface area contributed by atoms with Crippen LogP contribution in [0.15, 0.2) is 4.99 Å². The first-order valence-electron chi connectivity index (χ1n) is 5.39. The molecule has 1 aliphatic heterocycles. The van der Waals surface area contributed by atoms with Crippen molar-refractivity contribution in [1.82, 2.24) is 5.32 Å². The molecule has 0 aliphatic carbocycles. The minimum absolute atomic E-state index is 0.248. The molecule has 0 spiro atoms. The molecule has 3 nitrogen and oxygen atoms in total. The Morgan fingerprint density at radius 3 is 3.07 bits per heavy atom. The molecule has 0 aromatic rings. The van der Waals surface area contributed by atoms with Crippen molar-refractivity contribution in [3.63, 3.8) is 0 Å². The van der Waals surface area contributed by atoms with Crippen LogP contribution in [0, 0.1) is 0 Å². The molecule has 0 saturated heterocycles. The molecule has 5 heteroatoms. The SMILES string of the molecule is CCC1CCSC(NC(C)CS(C)=O)=N1. The Bertz CT molecular complexity index is 256. The third-order valence-corrected chi connectivity index (χ3v) is 4.22. The van der Waals surface area contributed by atoms with Gasteiger partial charge < -0.3 is 5.32 Å². The molecular weight excluding hydrogens is 228 g/mol. The number of hydrogen-bond acceptors (Lipinski definition) is 4. The lowest BCUT2D eigenvalue weighted by molar-refractivity contribution is 0.623. The average Bonchev–Trinajstić information content (AvgIpc) is 2.16. The topological polar surface area (TPSA) is 41.5 Å². The van der Waals surface area contributed by atoms with E-state index >= 15 is 0 Å². The van der Waals surface area contributed by atoms with Gasteiger partial charge in [0.15, 0.2) is 5.17 Å². The van der Waals surface area contributed by atoms with Crippen LogP contribution < -0.4 is 5.32 Å². The third kappa shape index (κ3) is 5.02. The molecule has 0 fully saturated rings. The second-order valence-electron chi connectivity index (χ2n) is 3.92. The summed E-state index contributed by atoms with van der Waals surface area (Å²) in [4.78, 5) is 4.62. The maximum absolute atomic E-state index is 11.0. The smallest absolute Gasteiger partial charge is 0.157 e. The van der Waals surface area contributed by atoms with E-state index in [-0.39, 0.29) is 6.04 Å². The van der Waals surface area contributed by atoms with Crippen molar-refractivity contribution in [3.05, 3.63) is 0 Å². The number of hydrogen-bond donors (Lipinski definition) is 1. The lowest BCUT2D eigenvalue weighted by atomic mass is 10.2. The van der Waals surface area contributed by atoms with Gasteiger partial charge in [0, 0.05) is 34.6 Å². The monoisotopic (exact) mass is 248 g/mol. The molecule has 0 aromatic heterocycles. The van der Waals surface area contributed by atoms with Crippen LogP contribution >= 0.6 is 11.8 Å². The molecule has 15 heavy (non-hydrogen) atoms. The van der Waals surface area contributed by atoms with Crippen LogP contribution in [0.4, 0.5) is 0 Å². The first-order valence-corrected chi connectivity index (χ1v) is 8.10. The number of aliphatic imine (C=N–C) groups is 1. The summed E-state index contributed by atoms with van der Waals surface area (Å²) in [6.45, 7) is 4.23. The second kappa shape index (κ2) is 6.53. The fourth-order valence-corrected chi connectivity index (χ4v) is 3.42. The van der Waals surface area contributed by atoms with Gasteiger partial charge in [0.2, 0.25) is 0 Å². The van der Waals surface area contributed by atoms with Crippen LogP contribution in [0.25, 0.3) is 0 Å². The van der Waals surface area contributed by atoms with Crippen LogP contribution in [-0.4, -0.2) is 39.2 Å². The van der Waals surface area contributed by atoms with Gasteiger partial charge >= 0.3 is 0 Å². The van der Waals surface area contributed by atoms with Gasteiger partial charge in [-0.1, -0.05) is 18.7 Å². The van der Waals surface area contributed by atoms with E-state index in [0.717, 1.165) is 17.3 Å².